The summed E-state index contributed by atoms with van der Waals surface area (Å²) in [5, 5.41) is 12.1. The largest absolute Gasteiger partial charge is 0.472 e. The van der Waals surface area contributed by atoms with Gasteiger partial charge in [-0.3, -0.25) is 15.1 Å². The molecule has 0 aliphatic carbocycles. The first kappa shape index (κ1) is 24.2. The Bertz CT molecular complexity index is 1170. The lowest BCUT2D eigenvalue weighted by Gasteiger charge is -2.08. The van der Waals surface area contributed by atoms with Crippen LogP contribution in [0.4, 0.5) is 5.13 Å². The lowest BCUT2D eigenvalue weighted by Crippen LogP contribution is -2.12. The molecule has 1 amide bonds. The molecule has 0 unspecified atom stereocenters. The van der Waals surface area contributed by atoms with Crippen molar-refractivity contribution in [2.24, 2.45) is 0 Å². The van der Waals surface area contributed by atoms with Crippen LogP contribution >= 0.6 is 22.9 Å². The number of anilines is 1. The van der Waals surface area contributed by atoms with Crippen LogP contribution in [0.2, 0.25) is 5.02 Å². The van der Waals surface area contributed by atoms with Gasteiger partial charge in [0, 0.05) is 24.2 Å². The van der Waals surface area contributed by atoms with Crippen LogP contribution in [0.15, 0.2) is 67.1 Å². The topological polar surface area (TPSA) is 93.1 Å². The number of nitrogens with zero attached hydrogens (tertiary/aromatic N) is 5. The van der Waals surface area contributed by atoms with E-state index in [0.717, 1.165) is 11.1 Å². The van der Waals surface area contributed by atoms with E-state index in [0.29, 0.717) is 22.3 Å². The third kappa shape index (κ3) is 7.60. The lowest BCUT2D eigenvalue weighted by molar-refractivity contribution is 0.102. The minimum absolute atomic E-state index is 0.253. The molecular formula is C23H23ClN6O2S. The van der Waals surface area contributed by atoms with Crippen LogP contribution in [0, 0.1) is 0 Å². The summed E-state index contributed by atoms with van der Waals surface area (Å²) in [5.74, 6) is -0.116. The van der Waals surface area contributed by atoms with E-state index >= 15 is 0 Å². The summed E-state index contributed by atoms with van der Waals surface area (Å²) < 4.78 is 5.63. The number of hydrogen-bond acceptors (Lipinski definition) is 8. The van der Waals surface area contributed by atoms with E-state index in [1.807, 2.05) is 68.5 Å². The molecule has 33 heavy (non-hydrogen) atoms. The van der Waals surface area contributed by atoms with Gasteiger partial charge in [-0.2, -0.15) is 0 Å². The second kappa shape index (κ2) is 12.0. The molecule has 4 aromatic rings. The Morgan fingerprint density at radius 1 is 1.09 bits per heavy atom. The second-order valence-corrected chi connectivity index (χ2v) is 8.61. The van der Waals surface area contributed by atoms with Gasteiger partial charge in [0.1, 0.15) is 16.6 Å². The van der Waals surface area contributed by atoms with Crippen LogP contribution in [-0.4, -0.2) is 52.1 Å². The monoisotopic (exact) mass is 482 g/mol. The number of pyridine rings is 2. The Balaban J connectivity index is 0.000000709. The number of hydrogen-bond donors (Lipinski definition) is 1. The summed E-state index contributed by atoms with van der Waals surface area (Å²) in [6.07, 6.45) is 4.75. The quantitative estimate of drug-likeness (QED) is 0.427. The Hall–Kier alpha value is -3.40. The van der Waals surface area contributed by atoms with Crippen molar-refractivity contribution in [1.29, 1.82) is 0 Å². The van der Waals surface area contributed by atoms with Crippen LogP contribution in [0.25, 0.3) is 10.6 Å². The molecule has 1 aromatic carbocycles. The molecule has 0 saturated carbocycles. The number of benzene rings is 1. The van der Waals surface area contributed by atoms with Crippen LogP contribution in [0.1, 0.15) is 15.9 Å². The van der Waals surface area contributed by atoms with E-state index in [2.05, 4.69) is 25.5 Å². The minimum atomic E-state index is -0.383. The van der Waals surface area contributed by atoms with E-state index < -0.39 is 0 Å². The highest BCUT2D eigenvalue weighted by Gasteiger charge is 2.14. The molecule has 3 aromatic heterocycles. The number of amides is 1. The predicted octanol–water partition coefficient (Wildman–Crippen LogP) is 4.66. The molecule has 0 saturated heterocycles. The molecule has 0 aliphatic rings. The summed E-state index contributed by atoms with van der Waals surface area (Å²) >= 11 is 7.49. The number of ether oxygens (including phenoxy) is 1. The van der Waals surface area contributed by atoms with Gasteiger partial charge in [0.15, 0.2) is 0 Å². The van der Waals surface area contributed by atoms with Gasteiger partial charge in [0.05, 0.1) is 5.56 Å². The van der Waals surface area contributed by atoms with Crippen molar-refractivity contribution in [2.45, 2.75) is 6.61 Å². The zero-order valence-electron chi connectivity index (χ0n) is 18.4. The van der Waals surface area contributed by atoms with Gasteiger partial charge in [0.25, 0.3) is 5.91 Å². The fourth-order valence-corrected chi connectivity index (χ4v) is 3.40. The average molecular weight is 483 g/mol. The van der Waals surface area contributed by atoms with Crippen LogP contribution in [0.3, 0.4) is 0 Å². The molecule has 0 spiro atoms. The number of carbonyl (C=O) groups is 1. The summed E-state index contributed by atoms with van der Waals surface area (Å²) in [7, 11) is 6.00. The molecular weight excluding hydrogens is 460 g/mol. The van der Waals surface area contributed by atoms with Gasteiger partial charge in [-0.25, -0.2) is 4.98 Å². The summed E-state index contributed by atoms with van der Waals surface area (Å²) in [6.45, 7) is 0.335. The summed E-state index contributed by atoms with van der Waals surface area (Å²) in [6, 6.07) is 14.8. The molecule has 0 radical (unpaired) electrons. The van der Waals surface area contributed by atoms with Gasteiger partial charge >= 0.3 is 0 Å². The molecule has 0 aliphatic heterocycles. The lowest BCUT2D eigenvalue weighted by atomic mass is 10.2. The molecule has 3 heterocycles. The van der Waals surface area contributed by atoms with Gasteiger partial charge < -0.3 is 9.64 Å². The van der Waals surface area contributed by atoms with Crippen molar-refractivity contribution in [3.8, 4) is 16.5 Å². The zero-order chi connectivity index (χ0) is 23.6. The van der Waals surface area contributed by atoms with Gasteiger partial charge in [0.2, 0.25) is 11.0 Å². The van der Waals surface area contributed by atoms with E-state index in [-0.39, 0.29) is 16.8 Å². The summed E-state index contributed by atoms with van der Waals surface area (Å²) in [4.78, 5) is 22.6. The van der Waals surface area contributed by atoms with Crippen LogP contribution in [-0.2, 0) is 6.61 Å². The molecule has 0 atom stereocenters. The number of aromatic nitrogens is 4. The first-order valence-electron chi connectivity index (χ1n) is 9.91. The Morgan fingerprint density at radius 3 is 2.45 bits per heavy atom. The van der Waals surface area contributed by atoms with Crippen molar-refractivity contribution in [3.05, 3.63) is 83.3 Å². The van der Waals surface area contributed by atoms with E-state index in [1.54, 1.807) is 12.4 Å². The summed E-state index contributed by atoms with van der Waals surface area (Å²) in [5.41, 5.74) is 2.17. The Morgan fingerprint density at radius 2 is 1.79 bits per heavy atom. The second-order valence-electron chi connectivity index (χ2n) is 7.23. The smallest absolute Gasteiger partial charge is 0.259 e. The zero-order valence-corrected chi connectivity index (χ0v) is 20.0. The Kier molecular flexibility index (Phi) is 8.82. The van der Waals surface area contributed by atoms with Crippen molar-refractivity contribution < 1.29 is 9.53 Å². The first-order chi connectivity index (χ1) is 15.9. The van der Waals surface area contributed by atoms with E-state index in [1.165, 1.54) is 23.6 Å². The minimum Gasteiger partial charge on any atom is -0.472 e. The number of rotatable bonds is 6. The SMILES string of the molecule is CN(C)C.O=C(Nc1nnc(-c2ccncc2)s1)c1cnc(OCc2ccccc2)c(Cl)c1. The first-order valence-corrected chi connectivity index (χ1v) is 11.1. The van der Waals surface area contributed by atoms with E-state index in [9.17, 15) is 4.79 Å². The average Bonchev–Trinajstić information content (AvgIpc) is 3.27. The maximum Gasteiger partial charge on any atom is 0.259 e. The van der Waals surface area contributed by atoms with Crippen molar-refractivity contribution in [2.75, 3.05) is 26.5 Å². The standard InChI is InChI=1S/C20H14ClN5O2S.C3H9N/c21-16-10-15(11-23-18(16)28-12-13-4-2-1-3-5-13)17(27)24-20-26-25-19(29-20)14-6-8-22-9-7-14;1-4(2)3/h1-11H,12H2,(H,24,26,27);1-3H3. The molecule has 8 nitrogen and oxygen atoms in total. The molecule has 10 heteroatoms. The molecule has 170 valence electrons. The third-order valence-electron chi connectivity index (χ3n) is 3.86. The van der Waals surface area contributed by atoms with Gasteiger partial charge in [-0.15, -0.1) is 10.2 Å². The number of nitrogens with one attached hydrogen (secondary N) is 1. The molecule has 0 fully saturated rings. The van der Waals surface area contributed by atoms with Crippen LogP contribution < -0.4 is 10.1 Å². The predicted molar refractivity (Wildman–Crippen MR) is 131 cm³/mol. The van der Waals surface area contributed by atoms with Gasteiger partial charge in [-0.1, -0.05) is 53.3 Å². The van der Waals surface area contributed by atoms with Crippen molar-refractivity contribution in [3.63, 3.8) is 0 Å². The van der Waals surface area contributed by atoms with Gasteiger partial charge in [-0.05, 0) is 44.9 Å². The fraction of sp³-hybridized carbons (Fsp3) is 0.174. The highest BCUT2D eigenvalue weighted by molar-refractivity contribution is 7.18. The molecule has 1 N–H and O–H groups in total. The normalized spacial score (nSPS) is 10.3. The highest BCUT2D eigenvalue weighted by atomic mass is 35.5. The third-order valence-corrected chi connectivity index (χ3v) is 5.02. The maximum atomic E-state index is 12.5. The van der Waals surface area contributed by atoms with Crippen LogP contribution in [0.5, 0.6) is 5.88 Å². The Labute approximate surface area is 201 Å². The maximum absolute atomic E-state index is 12.5. The molecule has 0 bridgehead atoms. The number of halogens is 1. The highest BCUT2D eigenvalue weighted by Crippen LogP contribution is 2.27. The van der Waals surface area contributed by atoms with E-state index in [4.69, 9.17) is 16.3 Å². The number of carbonyl (C=O) groups excluding carboxylic acids is 1. The van der Waals surface area contributed by atoms with Crippen molar-refractivity contribution >= 4 is 34.0 Å². The molecule has 4 rings (SSSR count). The van der Waals surface area contributed by atoms with Crippen molar-refractivity contribution in [1.82, 2.24) is 25.1 Å². The fourth-order valence-electron chi connectivity index (χ4n) is 2.44.